The van der Waals surface area contributed by atoms with Gasteiger partial charge in [0.05, 0.1) is 11.0 Å². The molecule has 0 radical (unpaired) electrons. The third kappa shape index (κ3) is 5.78. The first-order valence-electron chi connectivity index (χ1n) is 10.7. The molecule has 1 aromatic heterocycles. The van der Waals surface area contributed by atoms with Crippen LogP contribution in [0.2, 0.25) is 0 Å². The van der Waals surface area contributed by atoms with Gasteiger partial charge in [-0.05, 0) is 24.1 Å². The molecule has 0 saturated carbocycles. The number of hydrogen-bond donors (Lipinski definition) is 2. The first-order valence-corrected chi connectivity index (χ1v) is 10.7. The zero-order valence-corrected chi connectivity index (χ0v) is 18.0. The summed E-state index contributed by atoms with van der Waals surface area (Å²) in [5.74, 6) is -0.0558. The summed E-state index contributed by atoms with van der Waals surface area (Å²) in [7, 11) is 0. The Kier molecular flexibility index (Phi) is 7.54. The molecule has 2 amide bonds. The highest BCUT2D eigenvalue weighted by Gasteiger charge is 2.14. The third-order valence-electron chi connectivity index (χ3n) is 5.09. The molecule has 162 valence electrons. The summed E-state index contributed by atoms with van der Waals surface area (Å²) in [6.07, 6.45) is 2.81. The van der Waals surface area contributed by atoms with Gasteiger partial charge in [-0.15, -0.1) is 0 Å². The van der Waals surface area contributed by atoms with Gasteiger partial charge in [-0.25, -0.2) is 4.98 Å². The maximum absolute atomic E-state index is 12.3. The van der Waals surface area contributed by atoms with Crippen LogP contribution in [0.1, 0.15) is 54.9 Å². The second kappa shape index (κ2) is 10.5. The lowest BCUT2D eigenvalue weighted by Gasteiger charge is -2.10. The number of hydrogen-bond acceptors (Lipinski definition) is 4. The van der Waals surface area contributed by atoms with Crippen molar-refractivity contribution in [2.45, 2.75) is 52.5 Å². The fraction of sp³-hybridized carbons (Fsp3) is 0.333. The van der Waals surface area contributed by atoms with Gasteiger partial charge < -0.3 is 4.57 Å². The Morgan fingerprint density at radius 2 is 1.61 bits per heavy atom. The number of aromatic nitrogens is 2. The van der Waals surface area contributed by atoms with Gasteiger partial charge in [0.1, 0.15) is 12.4 Å². The van der Waals surface area contributed by atoms with Gasteiger partial charge in [-0.2, -0.15) is 0 Å². The van der Waals surface area contributed by atoms with E-state index in [1.54, 1.807) is 12.1 Å². The normalized spacial score (nSPS) is 10.8. The summed E-state index contributed by atoms with van der Waals surface area (Å²) in [6.45, 7) is 4.13. The first-order chi connectivity index (χ1) is 15.0. The molecule has 0 saturated heterocycles. The molecule has 2 N–H and O–H groups in total. The number of rotatable bonds is 9. The molecule has 0 bridgehead atoms. The Morgan fingerprint density at radius 1 is 0.903 bits per heavy atom. The molecule has 0 aliphatic rings. The van der Waals surface area contributed by atoms with Gasteiger partial charge in [-0.3, -0.25) is 25.2 Å². The summed E-state index contributed by atoms with van der Waals surface area (Å²) in [5, 5.41) is 0. The van der Waals surface area contributed by atoms with E-state index in [0.29, 0.717) is 12.0 Å². The molecule has 0 spiro atoms. The molecule has 0 aliphatic carbocycles. The monoisotopic (exact) mass is 420 g/mol. The van der Waals surface area contributed by atoms with E-state index >= 15 is 0 Å². The molecule has 0 unspecified atom stereocenters. The number of carbonyl (C=O) groups is 3. The van der Waals surface area contributed by atoms with E-state index in [9.17, 15) is 14.4 Å². The van der Waals surface area contributed by atoms with E-state index in [2.05, 4.69) is 22.8 Å². The smallest absolute Gasteiger partial charge is 0.258 e. The molecule has 3 rings (SSSR count). The Morgan fingerprint density at radius 3 is 2.32 bits per heavy atom. The van der Waals surface area contributed by atoms with Crippen LogP contribution in [-0.4, -0.2) is 27.1 Å². The standard InChI is InChI=1S/C24H28N4O3/c1-3-7-17-10-12-18(13-11-17)21(29)14-15-23(30)26-27-24(31)16-28-20-9-6-5-8-19(20)25-22(28)4-2/h5-6,8-13H,3-4,7,14-16H2,1-2H3,(H,26,30)(H,27,31). The quantitative estimate of drug-likeness (QED) is 0.410. The largest absolute Gasteiger partial charge is 0.318 e. The van der Waals surface area contributed by atoms with E-state index < -0.39 is 5.91 Å². The fourth-order valence-electron chi connectivity index (χ4n) is 3.47. The molecule has 1 heterocycles. The van der Waals surface area contributed by atoms with Gasteiger partial charge >= 0.3 is 0 Å². The Balaban J connectivity index is 1.47. The van der Waals surface area contributed by atoms with Crippen LogP contribution in [0.3, 0.4) is 0 Å². The summed E-state index contributed by atoms with van der Waals surface area (Å²) < 4.78 is 1.84. The molecule has 7 heteroatoms. The van der Waals surface area contributed by atoms with Crippen LogP contribution >= 0.6 is 0 Å². The van der Waals surface area contributed by atoms with Crippen molar-refractivity contribution in [1.82, 2.24) is 20.4 Å². The average molecular weight is 421 g/mol. The highest BCUT2D eigenvalue weighted by Crippen LogP contribution is 2.16. The van der Waals surface area contributed by atoms with Crippen LogP contribution in [0, 0.1) is 0 Å². The van der Waals surface area contributed by atoms with Gasteiger partial charge in [0.2, 0.25) is 5.91 Å². The van der Waals surface area contributed by atoms with Crippen LogP contribution in [0.15, 0.2) is 48.5 Å². The van der Waals surface area contributed by atoms with Crippen molar-refractivity contribution in [1.29, 1.82) is 0 Å². The number of amides is 2. The van der Waals surface area contributed by atoms with E-state index in [4.69, 9.17) is 0 Å². The SMILES string of the molecule is CCCc1ccc(C(=O)CCC(=O)NNC(=O)Cn2c(CC)nc3ccccc32)cc1. The van der Waals surface area contributed by atoms with E-state index in [1.807, 2.05) is 47.9 Å². The average Bonchev–Trinajstić information content (AvgIpc) is 3.14. The lowest BCUT2D eigenvalue weighted by Crippen LogP contribution is -2.43. The molecule has 0 aliphatic heterocycles. The zero-order chi connectivity index (χ0) is 22.2. The third-order valence-corrected chi connectivity index (χ3v) is 5.09. The van der Waals surface area contributed by atoms with Crippen molar-refractivity contribution < 1.29 is 14.4 Å². The van der Waals surface area contributed by atoms with Crippen LogP contribution in [0.5, 0.6) is 0 Å². The highest BCUT2D eigenvalue weighted by molar-refractivity contribution is 5.98. The number of para-hydroxylation sites is 2. The fourth-order valence-corrected chi connectivity index (χ4v) is 3.47. The van der Waals surface area contributed by atoms with Crippen molar-refractivity contribution >= 4 is 28.6 Å². The summed E-state index contributed by atoms with van der Waals surface area (Å²) in [5.41, 5.74) is 8.30. The van der Waals surface area contributed by atoms with Crippen LogP contribution < -0.4 is 10.9 Å². The minimum Gasteiger partial charge on any atom is -0.318 e. The molecule has 2 aromatic carbocycles. The summed E-state index contributed by atoms with van der Waals surface area (Å²) >= 11 is 0. The van der Waals surface area contributed by atoms with E-state index in [-0.39, 0.29) is 31.1 Å². The Bertz CT molecular complexity index is 1070. The maximum atomic E-state index is 12.3. The van der Waals surface area contributed by atoms with E-state index in [1.165, 1.54) is 5.56 Å². The van der Waals surface area contributed by atoms with Crippen LogP contribution in [-0.2, 0) is 29.0 Å². The number of nitrogens with zero attached hydrogens (tertiary/aromatic N) is 2. The maximum Gasteiger partial charge on any atom is 0.258 e. The molecule has 31 heavy (non-hydrogen) atoms. The number of ketones is 1. The number of fused-ring (bicyclic) bond motifs is 1. The van der Waals surface area contributed by atoms with Gasteiger partial charge in [0.15, 0.2) is 5.78 Å². The zero-order valence-electron chi connectivity index (χ0n) is 18.0. The highest BCUT2D eigenvalue weighted by atomic mass is 16.2. The molecule has 3 aromatic rings. The van der Waals surface area contributed by atoms with Crippen molar-refractivity contribution in [2.75, 3.05) is 0 Å². The van der Waals surface area contributed by atoms with Crippen molar-refractivity contribution in [3.63, 3.8) is 0 Å². The minimum absolute atomic E-state index is 0.00401. The van der Waals surface area contributed by atoms with E-state index in [0.717, 1.165) is 29.7 Å². The molecule has 0 fully saturated rings. The number of carbonyl (C=O) groups excluding carboxylic acids is 3. The molecular formula is C24H28N4O3. The summed E-state index contributed by atoms with van der Waals surface area (Å²) in [4.78, 5) is 41.2. The summed E-state index contributed by atoms with van der Waals surface area (Å²) in [6, 6.07) is 15.1. The molecule has 7 nitrogen and oxygen atoms in total. The number of Topliss-reactive ketones (excluding diaryl/α,β-unsaturated/α-hetero) is 1. The van der Waals surface area contributed by atoms with Crippen molar-refractivity contribution in [2.24, 2.45) is 0 Å². The van der Waals surface area contributed by atoms with Crippen LogP contribution in [0.4, 0.5) is 0 Å². The first kappa shape index (κ1) is 22.2. The Hall–Kier alpha value is -3.48. The van der Waals surface area contributed by atoms with Gasteiger partial charge in [-0.1, -0.05) is 56.7 Å². The Labute approximate surface area is 181 Å². The number of nitrogens with one attached hydrogen (secondary N) is 2. The lowest BCUT2D eigenvalue weighted by molar-refractivity contribution is -0.129. The topological polar surface area (TPSA) is 93.1 Å². The van der Waals surface area contributed by atoms with Gasteiger partial charge in [0, 0.05) is 24.8 Å². The number of hydrazine groups is 1. The lowest BCUT2D eigenvalue weighted by atomic mass is 10.0. The number of aryl methyl sites for hydroxylation is 2. The minimum atomic E-state index is -0.407. The second-order valence-electron chi connectivity index (χ2n) is 7.42. The van der Waals surface area contributed by atoms with Crippen LogP contribution in [0.25, 0.3) is 11.0 Å². The van der Waals surface area contributed by atoms with Crippen molar-refractivity contribution in [3.8, 4) is 0 Å². The predicted octanol–water partition coefficient (Wildman–Crippen LogP) is 3.36. The second-order valence-corrected chi connectivity index (χ2v) is 7.42. The number of benzene rings is 2. The molecular weight excluding hydrogens is 392 g/mol. The van der Waals surface area contributed by atoms with Gasteiger partial charge in [0.25, 0.3) is 5.91 Å². The molecule has 0 atom stereocenters. The number of imidazole rings is 1. The van der Waals surface area contributed by atoms with Crippen molar-refractivity contribution in [3.05, 3.63) is 65.5 Å². The predicted molar refractivity (Wildman–Crippen MR) is 119 cm³/mol.